The molecule has 2 aromatic carbocycles. The van der Waals surface area contributed by atoms with Gasteiger partial charge in [0.05, 0.1) is 16.8 Å². The average Bonchev–Trinajstić information content (AvgIpc) is 3.49. The van der Waals surface area contributed by atoms with Crippen molar-refractivity contribution in [3.8, 4) is 11.5 Å². The third kappa shape index (κ3) is 8.56. The minimum atomic E-state index is -4.70. The van der Waals surface area contributed by atoms with E-state index in [0.29, 0.717) is 34.7 Å². The number of fused-ring (bicyclic) bond motifs is 1. The first-order valence-electron chi connectivity index (χ1n) is 14.4. The summed E-state index contributed by atoms with van der Waals surface area (Å²) in [6, 6.07) is 11.1. The summed E-state index contributed by atoms with van der Waals surface area (Å²) in [6.07, 6.45) is -3.23. The van der Waals surface area contributed by atoms with Crippen LogP contribution in [0.25, 0.3) is 22.6 Å². The summed E-state index contributed by atoms with van der Waals surface area (Å²) in [5, 5.41) is 0. The van der Waals surface area contributed by atoms with E-state index in [1.807, 2.05) is 0 Å². The quantitative estimate of drug-likeness (QED) is 0.0601. The molecule has 0 N–H and O–H groups in total. The van der Waals surface area contributed by atoms with Crippen LogP contribution in [0.3, 0.4) is 0 Å². The first-order chi connectivity index (χ1) is 20.4. The predicted molar refractivity (Wildman–Crippen MR) is 174 cm³/mol. The lowest BCUT2D eigenvalue weighted by Crippen LogP contribution is -2.22. The van der Waals surface area contributed by atoms with Crippen molar-refractivity contribution in [3.05, 3.63) is 75.6 Å². The number of benzene rings is 2. The molecule has 0 radical (unpaired) electrons. The monoisotopic (exact) mass is 711 g/mol. The van der Waals surface area contributed by atoms with Gasteiger partial charge < -0.3 is 14.0 Å². The topological polar surface area (TPSA) is 58.3 Å². The molecule has 2 aromatic heterocycles. The van der Waals surface area contributed by atoms with Crippen LogP contribution in [0.1, 0.15) is 21.5 Å². The molecule has 238 valence electrons. The number of ether oxygens (including phenoxy) is 2. The molecule has 2 heterocycles. The Morgan fingerprint density at radius 1 is 0.932 bits per heavy atom. The Labute approximate surface area is 265 Å². The Balaban J connectivity index is 1.81. The fourth-order valence-corrected chi connectivity index (χ4v) is 6.49. The van der Waals surface area contributed by atoms with Crippen LogP contribution in [-0.2, 0) is 29.1 Å². The van der Waals surface area contributed by atoms with E-state index in [0.717, 1.165) is 18.2 Å². The summed E-state index contributed by atoms with van der Waals surface area (Å²) < 4.78 is 72.5. The molecule has 0 aliphatic carbocycles. The van der Waals surface area contributed by atoms with E-state index in [1.165, 1.54) is 36.5 Å². The normalized spacial score (nSPS) is 12.8. The first-order valence-corrected chi connectivity index (χ1v) is 22.6. The number of hydrogen-bond donors (Lipinski definition) is 0. The molecule has 0 aliphatic heterocycles. The number of halogens is 5. The van der Waals surface area contributed by atoms with Crippen LogP contribution in [0.2, 0.25) is 51.4 Å². The zero-order chi connectivity index (χ0) is 32.4. The molecule has 0 fully saturated rings. The highest BCUT2D eigenvalue weighted by Crippen LogP contribution is 2.35. The van der Waals surface area contributed by atoms with Gasteiger partial charge in [0.15, 0.2) is 17.4 Å². The van der Waals surface area contributed by atoms with E-state index in [-0.39, 0.29) is 24.5 Å². The van der Waals surface area contributed by atoms with E-state index in [9.17, 15) is 18.0 Å². The SMILES string of the molecule is C[Si](C)(C)CCOCn1cc(C(=O)c2ccccc2C(F)(F)F)cc1-c1nc2c(F)cc(Br)cc2n1COCC[Si](C)(C)C. The number of nitrogens with zero attached hydrogens (tertiary/aromatic N) is 3. The second-order valence-corrected chi connectivity index (χ2v) is 25.4. The number of alkyl halides is 3. The van der Waals surface area contributed by atoms with Crippen molar-refractivity contribution >= 4 is 48.9 Å². The molecule has 4 rings (SSSR count). The standard InChI is InChI=1S/C31H38BrF4N3O3Si2/c1-43(2,3)13-11-41-19-38-18-21(29(40)23-9-7-8-10-24(23)31(34,35)36)15-27(38)30-37-28-25(33)16-22(32)17-26(28)39(30)20-42-12-14-44(4,5)6/h7-10,15-18H,11-14,19-20H2,1-6H3. The van der Waals surface area contributed by atoms with Gasteiger partial charge in [0.1, 0.15) is 19.0 Å². The van der Waals surface area contributed by atoms with Crippen molar-refractivity contribution < 1.29 is 31.8 Å². The lowest BCUT2D eigenvalue weighted by Gasteiger charge is -2.17. The lowest BCUT2D eigenvalue weighted by molar-refractivity contribution is -0.137. The highest BCUT2D eigenvalue weighted by molar-refractivity contribution is 9.10. The van der Waals surface area contributed by atoms with Crippen molar-refractivity contribution in [2.75, 3.05) is 13.2 Å². The molecule has 0 saturated heterocycles. The molecule has 0 atom stereocenters. The number of rotatable bonds is 13. The largest absolute Gasteiger partial charge is 0.417 e. The van der Waals surface area contributed by atoms with Gasteiger partial charge in [-0.05, 0) is 36.4 Å². The Morgan fingerprint density at radius 2 is 1.55 bits per heavy atom. The Hall–Kier alpha value is -2.59. The van der Waals surface area contributed by atoms with Crippen LogP contribution < -0.4 is 0 Å². The first kappa shape index (κ1) is 34.3. The van der Waals surface area contributed by atoms with Gasteiger partial charge in [-0.3, -0.25) is 9.36 Å². The minimum Gasteiger partial charge on any atom is -0.361 e. The maximum Gasteiger partial charge on any atom is 0.417 e. The smallest absolute Gasteiger partial charge is 0.361 e. The molecular formula is C31H38BrF4N3O3Si2. The summed E-state index contributed by atoms with van der Waals surface area (Å²) in [5.74, 6) is -1.03. The molecule has 13 heteroatoms. The van der Waals surface area contributed by atoms with Crippen LogP contribution in [0, 0.1) is 5.82 Å². The maximum absolute atomic E-state index is 15.1. The summed E-state index contributed by atoms with van der Waals surface area (Å²) >= 11 is 3.36. The van der Waals surface area contributed by atoms with Crippen LogP contribution in [-0.4, -0.2) is 49.3 Å². The zero-order valence-corrected chi connectivity index (χ0v) is 29.4. The summed E-state index contributed by atoms with van der Waals surface area (Å²) in [6.45, 7) is 14.5. The van der Waals surface area contributed by atoms with Gasteiger partial charge in [-0.15, -0.1) is 0 Å². The third-order valence-electron chi connectivity index (χ3n) is 7.08. The number of carbonyl (C=O) groups excluding carboxylic acids is 1. The van der Waals surface area contributed by atoms with Crippen LogP contribution in [0.4, 0.5) is 17.6 Å². The Bertz CT molecular complexity index is 1640. The number of carbonyl (C=O) groups is 1. The van der Waals surface area contributed by atoms with Gasteiger partial charge >= 0.3 is 6.18 Å². The molecule has 4 aromatic rings. The minimum absolute atomic E-state index is 0.0277. The van der Waals surface area contributed by atoms with Crippen LogP contribution in [0.15, 0.2) is 53.1 Å². The summed E-state index contributed by atoms with van der Waals surface area (Å²) in [4.78, 5) is 18.2. The fourth-order valence-electron chi connectivity index (χ4n) is 4.56. The van der Waals surface area contributed by atoms with E-state index in [1.54, 1.807) is 15.2 Å². The summed E-state index contributed by atoms with van der Waals surface area (Å²) in [5.41, 5.74) is -0.457. The van der Waals surface area contributed by atoms with E-state index >= 15 is 4.39 Å². The average molecular weight is 713 g/mol. The number of hydrogen-bond acceptors (Lipinski definition) is 4. The van der Waals surface area contributed by atoms with Crippen molar-refractivity contribution in [3.63, 3.8) is 0 Å². The van der Waals surface area contributed by atoms with E-state index in [4.69, 9.17) is 9.47 Å². The van der Waals surface area contributed by atoms with Gasteiger partial charge in [0.25, 0.3) is 0 Å². The van der Waals surface area contributed by atoms with Crippen LogP contribution >= 0.6 is 15.9 Å². The van der Waals surface area contributed by atoms with Crippen molar-refractivity contribution in [1.82, 2.24) is 14.1 Å². The zero-order valence-electron chi connectivity index (χ0n) is 25.8. The molecule has 0 spiro atoms. The van der Waals surface area contributed by atoms with Gasteiger partial charge in [-0.25, -0.2) is 9.37 Å². The molecule has 44 heavy (non-hydrogen) atoms. The van der Waals surface area contributed by atoms with E-state index in [2.05, 4.69) is 60.2 Å². The highest BCUT2D eigenvalue weighted by Gasteiger charge is 2.35. The third-order valence-corrected chi connectivity index (χ3v) is 10.9. The Kier molecular flexibility index (Phi) is 10.5. The second-order valence-electron chi connectivity index (χ2n) is 13.3. The van der Waals surface area contributed by atoms with Gasteiger partial charge in [-0.1, -0.05) is 73.4 Å². The summed E-state index contributed by atoms with van der Waals surface area (Å²) in [7, 11) is -2.78. The predicted octanol–water partition coefficient (Wildman–Crippen LogP) is 9.28. The highest BCUT2D eigenvalue weighted by atomic mass is 79.9. The molecular weight excluding hydrogens is 674 g/mol. The van der Waals surface area contributed by atoms with E-state index < -0.39 is 45.1 Å². The number of aromatic nitrogens is 3. The maximum atomic E-state index is 15.1. The van der Waals surface area contributed by atoms with Gasteiger partial charge in [-0.2, -0.15) is 13.2 Å². The van der Waals surface area contributed by atoms with Gasteiger partial charge in [0.2, 0.25) is 0 Å². The van der Waals surface area contributed by atoms with Crippen LogP contribution in [0.5, 0.6) is 0 Å². The molecule has 0 saturated carbocycles. The number of ketones is 1. The van der Waals surface area contributed by atoms with Crippen molar-refractivity contribution in [2.45, 2.75) is 71.0 Å². The Morgan fingerprint density at radius 3 is 2.16 bits per heavy atom. The van der Waals surface area contributed by atoms with Gasteiger partial charge in [0, 0.05) is 51.2 Å². The fraction of sp³-hybridized carbons (Fsp3) is 0.419. The van der Waals surface area contributed by atoms with Crippen molar-refractivity contribution in [2.24, 2.45) is 0 Å². The molecule has 0 aliphatic rings. The molecule has 0 unspecified atom stereocenters. The molecule has 0 amide bonds. The lowest BCUT2D eigenvalue weighted by atomic mass is 9.99. The molecule has 0 bridgehead atoms. The number of imidazole rings is 1. The van der Waals surface area contributed by atoms with Crippen molar-refractivity contribution in [1.29, 1.82) is 0 Å². The second kappa shape index (κ2) is 13.4. The molecule has 6 nitrogen and oxygen atoms in total.